The molecule has 0 aromatic carbocycles. The summed E-state index contributed by atoms with van der Waals surface area (Å²) in [5.74, 6) is -0.124. The van der Waals surface area contributed by atoms with Crippen LogP contribution in [0.25, 0.3) is 0 Å². The molecule has 1 aromatic rings. The Morgan fingerprint density at radius 3 is 2.82 bits per heavy atom. The molecule has 1 aromatic heterocycles. The van der Waals surface area contributed by atoms with E-state index in [0.29, 0.717) is 10.6 Å². The van der Waals surface area contributed by atoms with Crippen LogP contribution in [0.4, 0.5) is 5.69 Å². The van der Waals surface area contributed by atoms with Crippen molar-refractivity contribution in [2.24, 2.45) is 0 Å². The van der Waals surface area contributed by atoms with E-state index >= 15 is 0 Å². The molecule has 0 bridgehead atoms. The van der Waals surface area contributed by atoms with E-state index in [0.717, 1.165) is 30.6 Å². The maximum Gasteiger partial charge on any atom is 0.261 e. The van der Waals surface area contributed by atoms with Gasteiger partial charge in [0.05, 0.1) is 17.0 Å². The number of rotatable bonds is 2. The largest absolute Gasteiger partial charge is 0.398 e. The number of anilines is 1. The molecular weight excluding hydrogens is 236 g/mol. The van der Waals surface area contributed by atoms with Gasteiger partial charge in [0.2, 0.25) is 0 Å². The lowest BCUT2D eigenvalue weighted by Crippen LogP contribution is -2.44. The van der Waals surface area contributed by atoms with E-state index in [1.54, 1.807) is 6.07 Å². The lowest BCUT2D eigenvalue weighted by Gasteiger charge is -2.28. The van der Waals surface area contributed by atoms with Gasteiger partial charge in [0.1, 0.15) is 0 Å². The summed E-state index contributed by atoms with van der Waals surface area (Å²) in [6.07, 6.45) is 3.32. The summed E-state index contributed by atoms with van der Waals surface area (Å²) < 4.78 is 0. The zero-order valence-corrected chi connectivity index (χ0v) is 10.7. The average Bonchev–Trinajstić information content (AvgIpc) is 2.63. The zero-order valence-electron chi connectivity index (χ0n) is 9.90. The highest BCUT2D eigenvalue weighted by Gasteiger charge is 2.25. The summed E-state index contributed by atoms with van der Waals surface area (Å²) in [5, 5.41) is 12.7. The van der Waals surface area contributed by atoms with Gasteiger partial charge in [-0.05, 0) is 25.8 Å². The summed E-state index contributed by atoms with van der Waals surface area (Å²) in [4.78, 5) is 13.5. The van der Waals surface area contributed by atoms with Crippen LogP contribution in [0.15, 0.2) is 6.07 Å². The number of aliphatic hydroxyl groups excluding tert-OH is 1. The van der Waals surface area contributed by atoms with Gasteiger partial charge in [0.15, 0.2) is 0 Å². The van der Waals surface area contributed by atoms with Crippen molar-refractivity contribution in [3.8, 4) is 0 Å². The molecule has 0 radical (unpaired) electrons. The number of carbonyl (C=O) groups excluding carboxylic acids is 1. The van der Waals surface area contributed by atoms with E-state index < -0.39 is 6.10 Å². The van der Waals surface area contributed by atoms with Crippen molar-refractivity contribution in [3.05, 3.63) is 15.8 Å². The van der Waals surface area contributed by atoms with Gasteiger partial charge in [0, 0.05) is 10.6 Å². The molecule has 5 heteroatoms. The third kappa shape index (κ3) is 2.79. The lowest BCUT2D eigenvalue weighted by molar-refractivity contribution is 0.0720. The van der Waals surface area contributed by atoms with Crippen molar-refractivity contribution in [2.45, 2.75) is 44.8 Å². The number of hydrogen-bond donors (Lipinski definition) is 3. The minimum Gasteiger partial charge on any atom is -0.398 e. The van der Waals surface area contributed by atoms with Crippen LogP contribution in [0.3, 0.4) is 0 Å². The maximum atomic E-state index is 12.0. The van der Waals surface area contributed by atoms with Gasteiger partial charge >= 0.3 is 0 Å². The van der Waals surface area contributed by atoms with Gasteiger partial charge in [-0.2, -0.15) is 0 Å². The molecule has 1 amide bonds. The number of nitrogen functional groups attached to an aromatic ring is 1. The molecule has 1 aliphatic rings. The van der Waals surface area contributed by atoms with Crippen LogP contribution in [0.1, 0.15) is 40.2 Å². The average molecular weight is 254 g/mol. The SMILES string of the molecule is Cc1sc(C(=O)N[C@H]2CCCC[C@@H]2O)cc1N. The standard InChI is InChI=1S/C12H18N2O2S/c1-7-8(13)6-11(17-7)12(16)14-9-4-2-3-5-10(9)15/h6,9-10,15H,2-5,13H2,1H3,(H,14,16)/t9-,10-/m0/s1. The van der Waals surface area contributed by atoms with E-state index in [9.17, 15) is 9.90 Å². The summed E-state index contributed by atoms with van der Waals surface area (Å²) in [5.41, 5.74) is 6.38. The van der Waals surface area contributed by atoms with Crippen LogP contribution in [0.5, 0.6) is 0 Å². The van der Waals surface area contributed by atoms with E-state index in [2.05, 4.69) is 5.32 Å². The highest BCUT2D eigenvalue weighted by molar-refractivity contribution is 7.14. The Balaban J connectivity index is 2.01. The molecule has 2 atom stereocenters. The Kier molecular flexibility index (Phi) is 3.69. The minimum absolute atomic E-state index is 0.111. The summed E-state index contributed by atoms with van der Waals surface area (Å²) in [7, 11) is 0. The van der Waals surface area contributed by atoms with Gasteiger partial charge in [-0.3, -0.25) is 4.79 Å². The van der Waals surface area contributed by atoms with Crippen LogP contribution in [-0.4, -0.2) is 23.2 Å². The molecule has 0 spiro atoms. The van der Waals surface area contributed by atoms with Crippen LogP contribution in [-0.2, 0) is 0 Å². The maximum absolute atomic E-state index is 12.0. The number of aliphatic hydroxyl groups is 1. The van der Waals surface area contributed by atoms with E-state index in [1.807, 2.05) is 6.92 Å². The summed E-state index contributed by atoms with van der Waals surface area (Å²) in [6, 6.07) is 1.59. The molecule has 4 N–H and O–H groups in total. The zero-order chi connectivity index (χ0) is 12.4. The molecule has 1 saturated carbocycles. The second-order valence-corrected chi connectivity index (χ2v) is 5.81. The molecule has 0 unspecified atom stereocenters. The summed E-state index contributed by atoms with van der Waals surface area (Å²) >= 11 is 1.39. The van der Waals surface area contributed by atoms with Gasteiger partial charge in [-0.1, -0.05) is 12.8 Å². The van der Waals surface area contributed by atoms with E-state index in [-0.39, 0.29) is 11.9 Å². The van der Waals surface area contributed by atoms with Crippen molar-refractivity contribution in [3.63, 3.8) is 0 Å². The van der Waals surface area contributed by atoms with Crippen LogP contribution < -0.4 is 11.1 Å². The molecule has 0 aliphatic heterocycles. The first-order chi connectivity index (χ1) is 8.08. The number of aryl methyl sites for hydroxylation is 1. The van der Waals surface area contributed by atoms with Crippen molar-refractivity contribution < 1.29 is 9.90 Å². The smallest absolute Gasteiger partial charge is 0.261 e. The Hall–Kier alpha value is -1.07. The van der Waals surface area contributed by atoms with Crippen molar-refractivity contribution in [2.75, 3.05) is 5.73 Å². The monoisotopic (exact) mass is 254 g/mol. The molecule has 1 heterocycles. The fraction of sp³-hybridized carbons (Fsp3) is 0.583. The first-order valence-electron chi connectivity index (χ1n) is 5.93. The highest BCUT2D eigenvalue weighted by atomic mass is 32.1. The van der Waals surface area contributed by atoms with Gasteiger partial charge in [-0.25, -0.2) is 0 Å². The Labute approximate surface area is 105 Å². The van der Waals surface area contributed by atoms with E-state index in [4.69, 9.17) is 5.73 Å². The number of hydrogen-bond acceptors (Lipinski definition) is 4. The number of amides is 1. The van der Waals surface area contributed by atoms with Crippen molar-refractivity contribution in [1.29, 1.82) is 0 Å². The predicted molar refractivity (Wildman–Crippen MR) is 69.2 cm³/mol. The second kappa shape index (κ2) is 5.06. The summed E-state index contributed by atoms with van der Waals surface area (Å²) in [6.45, 7) is 1.90. The molecule has 94 valence electrons. The van der Waals surface area contributed by atoms with Gasteiger partial charge in [0.25, 0.3) is 5.91 Å². The Morgan fingerprint density at radius 1 is 1.53 bits per heavy atom. The number of nitrogens with two attached hydrogens (primary N) is 1. The number of thiophene rings is 1. The van der Waals surface area contributed by atoms with Crippen LogP contribution in [0.2, 0.25) is 0 Å². The van der Waals surface area contributed by atoms with Crippen LogP contribution >= 0.6 is 11.3 Å². The predicted octanol–water partition coefficient (Wildman–Crippen LogP) is 1.67. The number of nitrogens with one attached hydrogen (secondary N) is 1. The third-order valence-electron chi connectivity index (χ3n) is 3.23. The van der Waals surface area contributed by atoms with Gasteiger partial charge < -0.3 is 16.2 Å². The number of carbonyl (C=O) groups is 1. The molecule has 1 aliphatic carbocycles. The Morgan fingerprint density at radius 2 is 2.24 bits per heavy atom. The second-order valence-electron chi connectivity index (χ2n) is 4.55. The molecule has 2 rings (SSSR count). The molecule has 1 fully saturated rings. The molecule has 4 nitrogen and oxygen atoms in total. The topological polar surface area (TPSA) is 75.3 Å². The Bertz CT molecular complexity index is 397. The van der Waals surface area contributed by atoms with E-state index in [1.165, 1.54) is 11.3 Å². The molecule has 0 saturated heterocycles. The molecular formula is C12H18N2O2S. The first-order valence-corrected chi connectivity index (χ1v) is 6.74. The lowest BCUT2D eigenvalue weighted by atomic mass is 9.92. The van der Waals surface area contributed by atoms with Crippen molar-refractivity contribution >= 4 is 22.9 Å². The fourth-order valence-electron chi connectivity index (χ4n) is 2.13. The van der Waals surface area contributed by atoms with Crippen molar-refractivity contribution in [1.82, 2.24) is 5.32 Å². The minimum atomic E-state index is -0.411. The quantitative estimate of drug-likeness (QED) is 0.751. The highest BCUT2D eigenvalue weighted by Crippen LogP contribution is 2.24. The molecule has 17 heavy (non-hydrogen) atoms. The van der Waals surface area contributed by atoms with Gasteiger partial charge in [-0.15, -0.1) is 11.3 Å². The normalized spacial score (nSPS) is 24.6. The van der Waals surface area contributed by atoms with Crippen LogP contribution in [0, 0.1) is 6.92 Å². The first kappa shape index (κ1) is 12.4. The fourth-order valence-corrected chi connectivity index (χ4v) is 2.97. The third-order valence-corrected chi connectivity index (χ3v) is 4.29.